The van der Waals surface area contributed by atoms with E-state index in [1.54, 1.807) is 0 Å². The molecule has 19 aromatic rings. The molecule has 0 saturated heterocycles. The Labute approximate surface area is 570 Å². The van der Waals surface area contributed by atoms with Crippen molar-refractivity contribution >= 4 is 118 Å². The smallest absolute Gasteiger partial charge is 0.0159 e. The highest BCUT2D eigenvalue weighted by molar-refractivity contribution is 6.29. The predicted molar refractivity (Wildman–Crippen MR) is 422 cm³/mol. The predicted octanol–water partition coefficient (Wildman–Crippen LogP) is 27.3. The summed E-state index contributed by atoms with van der Waals surface area (Å²) in [6.45, 7) is 9.50. The highest BCUT2D eigenvalue weighted by Crippen LogP contribution is 2.56. The third-order valence-electron chi connectivity index (χ3n) is 22.6. The molecule has 458 valence electrons. The first kappa shape index (κ1) is 56.4. The Balaban J connectivity index is 0.000000133. The third-order valence-corrected chi connectivity index (χ3v) is 22.6. The fourth-order valence-electron chi connectivity index (χ4n) is 18.1. The van der Waals surface area contributed by atoms with E-state index in [0.717, 1.165) is 0 Å². The van der Waals surface area contributed by atoms with E-state index in [4.69, 9.17) is 0 Å². The van der Waals surface area contributed by atoms with E-state index in [9.17, 15) is 0 Å². The van der Waals surface area contributed by atoms with Crippen LogP contribution in [-0.4, -0.2) is 0 Å². The Hall–Kier alpha value is -12.0. The lowest BCUT2D eigenvalue weighted by molar-refractivity contribution is 0.661. The van der Waals surface area contributed by atoms with Crippen LogP contribution < -0.4 is 0 Å². The van der Waals surface area contributed by atoms with E-state index in [1.165, 1.54) is 208 Å². The van der Waals surface area contributed by atoms with Crippen LogP contribution in [0.4, 0.5) is 0 Å². The van der Waals surface area contributed by atoms with Gasteiger partial charge in [0, 0.05) is 10.8 Å². The lowest BCUT2D eigenvalue weighted by Crippen LogP contribution is -2.14. The second kappa shape index (κ2) is 21.3. The first-order chi connectivity index (χ1) is 48.2. The maximum Gasteiger partial charge on any atom is 0.0159 e. The van der Waals surface area contributed by atoms with Gasteiger partial charge in [0.2, 0.25) is 0 Å². The molecule has 0 bridgehead atoms. The van der Waals surface area contributed by atoms with Crippen LogP contribution in [0.2, 0.25) is 0 Å². The number of hydrogen-bond donors (Lipinski definition) is 0. The van der Waals surface area contributed by atoms with Crippen molar-refractivity contribution in [2.24, 2.45) is 0 Å². The molecule has 0 aromatic heterocycles. The summed E-state index contributed by atoms with van der Waals surface area (Å²) in [5.74, 6) is 0. The summed E-state index contributed by atoms with van der Waals surface area (Å²) in [4.78, 5) is 0. The zero-order valence-electron chi connectivity index (χ0n) is 55.2. The number of rotatable bonds is 4. The van der Waals surface area contributed by atoms with E-state index in [2.05, 4.69) is 355 Å². The molecule has 0 saturated carbocycles. The van der Waals surface area contributed by atoms with E-state index >= 15 is 0 Å². The summed E-state index contributed by atoms with van der Waals surface area (Å²) in [7, 11) is 0. The molecule has 0 unspecified atom stereocenters. The molecule has 0 amide bonds. The van der Waals surface area contributed by atoms with Gasteiger partial charge in [-0.1, -0.05) is 331 Å². The summed E-state index contributed by atoms with van der Waals surface area (Å²) in [6, 6.07) is 123. The maximum atomic E-state index is 2.49. The fraction of sp³-hybridized carbons (Fsp3) is 0.0612. The second-order valence-electron chi connectivity index (χ2n) is 28.4. The van der Waals surface area contributed by atoms with Gasteiger partial charge in [-0.2, -0.15) is 0 Å². The zero-order chi connectivity index (χ0) is 65.1. The van der Waals surface area contributed by atoms with Gasteiger partial charge in [0.15, 0.2) is 0 Å². The Morgan fingerprint density at radius 3 is 0.898 bits per heavy atom. The summed E-state index contributed by atoms with van der Waals surface area (Å²) >= 11 is 0. The van der Waals surface area contributed by atoms with Crippen LogP contribution in [0.25, 0.3) is 185 Å². The zero-order valence-corrected chi connectivity index (χ0v) is 55.2. The van der Waals surface area contributed by atoms with Crippen LogP contribution in [0.5, 0.6) is 0 Å². The van der Waals surface area contributed by atoms with Crippen molar-refractivity contribution in [3.63, 3.8) is 0 Å². The average Bonchev–Trinajstić information content (AvgIpc) is 1.23. The highest BCUT2D eigenvalue weighted by atomic mass is 14.4. The van der Waals surface area contributed by atoms with Crippen LogP contribution in [0.15, 0.2) is 328 Å². The Morgan fingerprint density at radius 1 is 0.163 bits per heavy atom. The Bertz CT molecular complexity index is 6560. The monoisotopic (exact) mass is 1240 g/mol. The quantitative estimate of drug-likeness (QED) is 0.122. The van der Waals surface area contributed by atoms with Gasteiger partial charge in [0.1, 0.15) is 0 Å². The minimum Gasteiger partial charge on any atom is -0.0616 e. The molecule has 2 aliphatic rings. The van der Waals surface area contributed by atoms with Gasteiger partial charge in [0.25, 0.3) is 0 Å². The molecule has 0 spiro atoms. The van der Waals surface area contributed by atoms with Crippen LogP contribution >= 0.6 is 0 Å². The second-order valence-corrected chi connectivity index (χ2v) is 28.4. The largest absolute Gasteiger partial charge is 0.0616 e. The Kier molecular flexibility index (Phi) is 12.2. The lowest BCUT2D eigenvalue weighted by atomic mass is 9.81. The van der Waals surface area contributed by atoms with Crippen molar-refractivity contribution in [2.75, 3.05) is 0 Å². The van der Waals surface area contributed by atoms with Crippen LogP contribution in [0, 0.1) is 0 Å². The van der Waals surface area contributed by atoms with E-state index in [-0.39, 0.29) is 10.8 Å². The molecule has 98 heavy (non-hydrogen) atoms. The van der Waals surface area contributed by atoms with Gasteiger partial charge < -0.3 is 0 Å². The van der Waals surface area contributed by atoms with Crippen molar-refractivity contribution in [1.29, 1.82) is 0 Å². The van der Waals surface area contributed by atoms with Crippen molar-refractivity contribution in [2.45, 2.75) is 38.5 Å². The molecule has 0 nitrogen and oxygen atoms in total. The molecule has 0 fully saturated rings. The number of fused-ring (bicyclic) bond motifs is 22. The van der Waals surface area contributed by atoms with E-state index < -0.39 is 0 Å². The normalized spacial score (nSPS) is 13.5. The maximum absolute atomic E-state index is 2.49. The van der Waals surface area contributed by atoms with Gasteiger partial charge in [0.05, 0.1) is 0 Å². The van der Waals surface area contributed by atoms with Gasteiger partial charge in [-0.05, 0) is 232 Å². The van der Waals surface area contributed by atoms with Crippen LogP contribution in [-0.2, 0) is 10.8 Å². The molecular weight excluding hydrogens is 1180 g/mol. The number of hydrogen-bond acceptors (Lipinski definition) is 0. The van der Waals surface area contributed by atoms with Crippen LogP contribution in [0.1, 0.15) is 49.9 Å². The molecule has 0 radical (unpaired) electrons. The van der Waals surface area contributed by atoms with Crippen molar-refractivity contribution in [3.05, 3.63) is 350 Å². The van der Waals surface area contributed by atoms with Gasteiger partial charge in [-0.3, -0.25) is 0 Å². The molecule has 19 aromatic carbocycles. The first-order valence-corrected chi connectivity index (χ1v) is 34.6. The molecule has 0 heterocycles. The first-order valence-electron chi connectivity index (χ1n) is 34.6. The molecule has 0 atom stereocenters. The molecular formula is C98H66. The summed E-state index contributed by atoms with van der Waals surface area (Å²) in [6.07, 6.45) is 0. The number of benzene rings is 19. The standard InChI is InChI=1S/C51H34.C47H32/c1-51(2)45-27-26-34(30-44(45)50-36-16-6-4-14-32(36)25-28-46(50)51)48-39-19-9-11-21-41(39)49(42-22-12-10-20-40(42)48)43-29-33-24-23-31-13-3-5-15-35(31)47(33)38-18-8-7-17-37(38)43;1-47(2)42-25-24-33(28-41(42)46-35-14-6-4-12-30(35)23-26-43(46)47)45-38-17-9-7-15-36(38)44(37-16-8-10-18-39(37)45)32-22-21-31-20-19-29-11-3-5-13-34(29)40(31)27-32/h3-30H,1-2H3;3-28H,1-2H3. The fourth-order valence-corrected chi connectivity index (χ4v) is 18.1. The minimum absolute atomic E-state index is 0.0541. The van der Waals surface area contributed by atoms with Crippen molar-refractivity contribution in [1.82, 2.24) is 0 Å². The van der Waals surface area contributed by atoms with Crippen molar-refractivity contribution < 1.29 is 0 Å². The molecule has 2 aliphatic carbocycles. The SMILES string of the molecule is CC1(C)c2ccc(-c3c4ccccc4c(-c4cc5ccc6ccccc6c5c5ccccc45)c4ccccc34)cc2-c2c1ccc1ccccc21.CC1(C)c2ccc(-c3c4ccccc4c(-c4ccc5ccc6ccccc6c5c4)c4ccccc34)cc2-c2c1ccc1ccccc21. The summed E-state index contributed by atoms with van der Waals surface area (Å²) in [5, 5.41) is 28.4. The lowest BCUT2D eigenvalue weighted by Gasteiger charge is -2.22. The van der Waals surface area contributed by atoms with Crippen molar-refractivity contribution in [3.8, 4) is 66.8 Å². The topological polar surface area (TPSA) is 0 Å². The molecule has 21 rings (SSSR count). The molecule has 0 N–H and O–H groups in total. The van der Waals surface area contributed by atoms with Gasteiger partial charge >= 0.3 is 0 Å². The van der Waals surface area contributed by atoms with Gasteiger partial charge in [-0.25, -0.2) is 0 Å². The summed E-state index contributed by atoms with van der Waals surface area (Å²) < 4.78 is 0. The average molecular weight is 1240 g/mol. The highest BCUT2D eigenvalue weighted by Gasteiger charge is 2.38. The van der Waals surface area contributed by atoms with Crippen LogP contribution in [0.3, 0.4) is 0 Å². The molecule has 0 aliphatic heterocycles. The van der Waals surface area contributed by atoms with E-state index in [0.29, 0.717) is 0 Å². The molecule has 0 heteroatoms. The Morgan fingerprint density at radius 2 is 0.449 bits per heavy atom. The van der Waals surface area contributed by atoms with E-state index in [1.807, 2.05) is 0 Å². The summed E-state index contributed by atoms with van der Waals surface area (Å²) in [5.41, 5.74) is 21.3. The third kappa shape index (κ3) is 8.19. The van der Waals surface area contributed by atoms with Gasteiger partial charge in [-0.15, -0.1) is 0 Å². The minimum atomic E-state index is -0.0658.